The summed E-state index contributed by atoms with van der Waals surface area (Å²) < 4.78 is 7.74. The third-order valence-electron chi connectivity index (χ3n) is 4.01. The van der Waals surface area contributed by atoms with Crippen molar-refractivity contribution in [3.8, 4) is 11.6 Å². The van der Waals surface area contributed by atoms with E-state index in [2.05, 4.69) is 45.7 Å². The molecule has 0 aliphatic carbocycles. The van der Waals surface area contributed by atoms with Crippen molar-refractivity contribution in [2.45, 2.75) is 27.7 Å². The molecule has 1 saturated heterocycles. The summed E-state index contributed by atoms with van der Waals surface area (Å²) >= 11 is 0. The van der Waals surface area contributed by atoms with Crippen LogP contribution in [0.15, 0.2) is 24.4 Å². The third kappa shape index (κ3) is 3.67. The number of methoxy groups -OCH3 is 1. The minimum atomic E-state index is 0.884. The lowest BCUT2D eigenvalue weighted by molar-refractivity contribution is 0.412. The average molecular weight is 316 g/mol. The molecule has 126 valence electrons. The van der Waals surface area contributed by atoms with E-state index in [9.17, 15) is 0 Å². The number of aryl methyl sites for hydroxylation is 2. The van der Waals surface area contributed by atoms with Gasteiger partial charge in [-0.2, -0.15) is 0 Å². The zero-order valence-corrected chi connectivity index (χ0v) is 14.9. The second-order valence-corrected chi connectivity index (χ2v) is 5.40. The zero-order chi connectivity index (χ0) is 16.8. The third-order valence-corrected chi connectivity index (χ3v) is 4.01. The van der Waals surface area contributed by atoms with E-state index in [-0.39, 0.29) is 0 Å². The molecule has 5 nitrogen and oxygen atoms in total. The number of aromatic nitrogens is 2. The first-order chi connectivity index (χ1) is 11.2. The molecule has 0 aromatic carbocycles. The number of pyridine rings is 1. The standard InChI is InChI=1S/C16H22N4O.C2H6/c1-12-4-5-13(2)20(12)16-10-15(21-3)14(11-18-16)19-8-6-17-7-9-19;1-2/h4-5,10-11,17H,6-9H2,1-3H3;1-2H3. The molecule has 1 N–H and O–H groups in total. The van der Waals surface area contributed by atoms with Gasteiger partial charge in [-0.3, -0.25) is 0 Å². The summed E-state index contributed by atoms with van der Waals surface area (Å²) in [6.07, 6.45) is 1.93. The molecule has 1 aliphatic heterocycles. The molecule has 3 heterocycles. The monoisotopic (exact) mass is 316 g/mol. The van der Waals surface area contributed by atoms with Crippen molar-refractivity contribution in [2.75, 3.05) is 38.2 Å². The van der Waals surface area contributed by atoms with E-state index in [0.717, 1.165) is 43.4 Å². The van der Waals surface area contributed by atoms with Crippen LogP contribution in [0.3, 0.4) is 0 Å². The van der Waals surface area contributed by atoms with E-state index >= 15 is 0 Å². The highest BCUT2D eigenvalue weighted by molar-refractivity contribution is 5.60. The van der Waals surface area contributed by atoms with Gasteiger partial charge in [0, 0.05) is 43.6 Å². The highest BCUT2D eigenvalue weighted by Gasteiger charge is 2.17. The number of ether oxygens (including phenoxy) is 1. The molecule has 0 saturated carbocycles. The molecule has 0 bridgehead atoms. The van der Waals surface area contributed by atoms with Crippen molar-refractivity contribution in [3.05, 3.63) is 35.8 Å². The first-order valence-electron chi connectivity index (χ1n) is 8.35. The Bertz CT molecular complexity index is 610. The molecule has 1 fully saturated rings. The van der Waals surface area contributed by atoms with Gasteiger partial charge in [-0.05, 0) is 26.0 Å². The van der Waals surface area contributed by atoms with Crippen LogP contribution in [0.2, 0.25) is 0 Å². The van der Waals surface area contributed by atoms with Gasteiger partial charge < -0.3 is 19.5 Å². The Labute approximate surface area is 139 Å². The number of rotatable bonds is 3. The molecule has 0 spiro atoms. The molecule has 0 atom stereocenters. The van der Waals surface area contributed by atoms with E-state index in [1.165, 1.54) is 11.4 Å². The van der Waals surface area contributed by atoms with Crippen molar-refractivity contribution in [1.29, 1.82) is 0 Å². The lowest BCUT2D eigenvalue weighted by Crippen LogP contribution is -2.43. The topological polar surface area (TPSA) is 42.3 Å². The molecule has 2 aromatic heterocycles. The summed E-state index contributed by atoms with van der Waals surface area (Å²) in [5.41, 5.74) is 3.43. The van der Waals surface area contributed by atoms with Crippen LogP contribution < -0.4 is 15.0 Å². The molecular weight excluding hydrogens is 288 g/mol. The van der Waals surface area contributed by atoms with Crippen molar-refractivity contribution in [2.24, 2.45) is 0 Å². The van der Waals surface area contributed by atoms with Gasteiger partial charge in [0.1, 0.15) is 11.6 Å². The lowest BCUT2D eigenvalue weighted by Gasteiger charge is -2.30. The molecule has 1 aliphatic rings. The Hall–Kier alpha value is -2.01. The Morgan fingerprint density at radius 2 is 1.70 bits per heavy atom. The second-order valence-electron chi connectivity index (χ2n) is 5.40. The first-order valence-corrected chi connectivity index (χ1v) is 8.35. The van der Waals surface area contributed by atoms with Gasteiger partial charge in [0.25, 0.3) is 0 Å². The molecule has 0 amide bonds. The van der Waals surface area contributed by atoms with Gasteiger partial charge in [0.2, 0.25) is 0 Å². The van der Waals surface area contributed by atoms with E-state index in [1.54, 1.807) is 7.11 Å². The second kappa shape index (κ2) is 8.02. The Morgan fingerprint density at radius 3 is 2.26 bits per heavy atom. The molecule has 23 heavy (non-hydrogen) atoms. The molecule has 3 rings (SSSR count). The fraction of sp³-hybridized carbons (Fsp3) is 0.500. The maximum atomic E-state index is 5.60. The van der Waals surface area contributed by atoms with Crippen LogP contribution in [0.1, 0.15) is 25.2 Å². The summed E-state index contributed by atoms with van der Waals surface area (Å²) in [6.45, 7) is 12.1. The predicted octanol–water partition coefficient (Wildman–Crippen LogP) is 2.93. The lowest BCUT2D eigenvalue weighted by atomic mass is 10.2. The highest BCUT2D eigenvalue weighted by atomic mass is 16.5. The minimum absolute atomic E-state index is 0.884. The molecule has 0 unspecified atom stereocenters. The fourth-order valence-electron chi connectivity index (χ4n) is 2.88. The molecule has 5 heteroatoms. The smallest absolute Gasteiger partial charge is 0.147 e. The van der Waals surface area contributed by atoms with Crippen LogP contribution in [-0.4, -0.2) is 42.8 Å². The van der Waals surface area contributed by atoms with Gasteiger partial charge in [0.15, 0.2) is 0 Å². The molecular formula is C18H28N4O. The van der Waals surface area contributed by atoms with Crippen LogP contribution >= 0.6 is 0 Å². The summed E-state index contributed by atoms with van der Waals surface area (Å²) in [6, 6.07) is 6.23. The quantitative estimate of drug-likeness (QED) is 0.945. The maximum absolute atomic E-state index is 5.60. The van der Waals surface area contributed by atoms with Crippen LogP contribution in [0.5, 0.6) is 5.75 Å². The number of hydrogen-bond acceptors (Lipinski definition) is 4. The van der Waals surface area contributed by atoms with Gasteiger partial charge in [-0.15, -0.1) is 0 Å². The summed E-state index contributed by atoms with van der Waals surface area (Å²) in [4.78, 5) is 6.97. The summed E-state index contributed by atoms with van der Waals surface area (Å²) in [5, 5.41) is 3.36. The van der Waals surface area contributed by atoms with Gasteiger partial charge in [-0.1, -0.05) is 13.8 Å². The number of anilines is 1. The van der Waals surface area contributed by atoms with Gasteiger partial charge in [0.05, 0.1) is 19.0 Å². The van der Waals surface area contributed by atoms with Gasteiger partial charge in [-0.25, -0.2) is 4.98 Å². The van der Waals surface area contributed by atoms with Crippen molar-refractivity contribution in [1.82, 2.24) is 14.9 Å². The van der Waals surface area contributed by atoms with E-state index in [4.69, 9.17) is 4.74 Å². The van der Waals surface area contributed by atoms with E-state index in [0.29, 0.717) is 0 Å². The predicted molar refractivity (Wildman–Crippen MR) is 96.0 cm³/mol. The zero-order valence-electron chi connectivity index (χ0n) is 14.9. The average Bonchev–Trinajstić information content (AvgIpc) is 2.95. The maximum Gasteiger partial charge on any atom is 0.147 e. The van der Waals surface area contributed by atoms with Gasteiger partial charge >= 0.3 is 0 Å². The Balaban J connectivity index is 0.000000924. The van der Waals surface area contributed by atoms with Crippen molar-refractivity contribution in [3.63, 3.8) is 0 Å². The van der Waals surface area contributed by atoms with E-state index in [1.807, 2.05) is 26.1 Å². The first kappa shape index (κ1) is 17.3. The van der Waals surface area contributed by atoms with Crippen LogP contribution in [0, 0.1) is 13.8 Å². The van der Waals surface area contributed by atoms with Crippen molar-refractivity contribution >= 4 is 5.69 Å². The fourth-order valence-corrected chi connectivity index (χ4v) is 2.88. The molecule has 0 radical (unpaired) electrons. The normalized spacial score (nSPS) is 14.2. The van der Waals surface area contributed by atoms with E-state index < -0.39 is 0 Å². The molecule has 2 aromatic rings. The number of piperazine rings is 1. The van der Waals surface area contributed by atoms with Crippen LogP contribution in [0.4, 0.5) is 5.69 Å². The summed E-state index contributed by atoms with van der Waals surface area (Å²) in [5.74, 6) is 1.79. The summed E-state index contributed by atoms with van der Waals surface area (Å²) in [7, 11) is 1.72. The largest absolute Gasteiger partial charge is 0.494 e. The van der Waals surface area contributed by atoms with Crippen molar-refractivity contribution < 1.29 is 4.74 Å². The SMILES string of the molecule is CC.COc1cc(-n2c(C)ccc2C)ncc1N1CCNCC1. The Kier molecular flexibility index (Phi) is 6.04. The van der Waals surface area contributed by atoms with Crippen LogP contribution in [-0.2, 0) is 0 Å². The Morgan fingerprint density at radius 1 is 1.09 bits per heavy atom. The highest BCUT2D eigenvalue weighted by Crippen LogP contribution is 2.30. The van der Waals surface area contributed by atoms with Crippen LogP contribution in [0.25, 0.3) is 5.82 Å². The number of nitrogens with one attached hydrogen (secondary N) is 1. The minimum Gasteiger partial charge on any atom is -0.494 e. The number of hydrogen-bond donors (Lipinski definition) is 1. The number of nitrogens with zero attached hydrogens (tertiary/aromatic N) is 3.